The summed E-state index contributed by atoms with van der Waals surface area (Å²) >= 11 is 0. The van der Waals surface area contributed by atoms with Gasteiger partial charge in [-0.25, -0.2) is 0 Å². The van der Waals surface area contributed by atoms with Gasteiger partial charge in [-0.1, -0.05) is 19.0 Å². The van der Waals surface area contributed by atoms with Crippen molar-refractivity contribution in [2.24, 2.45) is 4.99 Å². The van der Waals surface area contributed by atoms with E-state index in [1.807, 2.05) is 11.0 Å². The zero-order chi connectivity index (χ0) is 18.2. The molecular formula is C17H30N6O2. The van der Waals surface area contributed by atoms with Gasteiger partial charge in [-0.3, -0.25) is 14.7 Å². The maximum absolute atomic E-state index is 11.3. The molecule has 0 bridgehead atoms. The molecule has 2 N–H and O–H groups in total. The van der Waals surface area contributed by atoms with Crippen LogP contribution in [-0.4, -0.2) is 73.1 Å². The summed E-state index contributed by atoms with van der Waals surface area (Å²) in [6.45, 7) is 11.5. The Morgan fingerprint density at radius 2 is 2.04 bits per heavy atom. The first-order valence-corrected chi connectivity index (χ1v) is 8.87. The number of guanidine groups is 1. The highest BCUT2D eigenvalue weighted by molar-refractivity contribution is 5.79. The Hall–Kier alpha value is -2.09. The summed E-state index contributed by atoms with van der Waals surface area (Å²) < 4.78 is 5.31. The third kappa shape index (κ3) is 6.04. The van der Waals surface area contributed by atoms with Crippen molar-refractivity contribution >= 4 is 11.9 Å². The highest BCUT2D eigenvalue weighted by atomic mass is 16.5. The average molecular weight is 350 g/mol. The SMILES string of the molecule is CN=C(NCCN1CCN(C(C)=O)CC1)NCc1cc(C(C)C)no1. The standard InChI is InChI=1S/C17H30N6O2/c1-13(2)16-11-15(25-21-16)12-20-17(18-4)19-5-6-22-7-9-23(10-8-22)14(3)24/h11,13H,5-10,12H2,1-4H3,(H2,18,19,20). The summed E-state index contributed by atoms with van der Waals surface area (Å²) in [6.07, 6.45) is 0. The predicted molar refractivity (Wildman–Crippen MR) is 97.5 cm³/mol. The molecule has 0 aromatic carbocycles. The number of piperazine rings is 1. The molecule has 0 aliphatic carbocycles. The molecule has 8 nitrogen and oxygen atoms in total. The van der Waals surface area contributed by atoms with E-state index in [1.165, 1.54) is 0 Å². The zero-order valence-electron chi connectivity index (χ0n) is 15.7. The summed E-state index contributed by atoms with van der Waals surface area (Å²) in [6, 6.07) is 1.97. The molecule has 1 amide bonds. The van der Waals surface area contributed by atoms with Crippen LogP contribution >= 0.6 is 0 Å². The second-order valence-corrected chi connectivity index (χ2v) is 6.57. The van der Waals surface area contributed by atoms with Crippen molar-refractivity contribution in [3.05, 3.63) is 17.5 Å². The van der Waals surface area contributed by atoms with E-state index < -0.39 is 0 Å². The van der Waals surface area contributed by atoms with Crippen molar-refractivity contribution in [1.29, 1.82) is 0 Å². The number of hydrogen-bond acceptors (Lipinski definition) is 5. The fourth-order valence-corrected chi connectivity index (χ4v) is 2.69. The van der Waals surface area contributed by atoms with Gasteiger partial charge in [0.1, 0.15) is 0 Å². The molecule has 1 aromatic heterocycles. The number of hydrogen-bond donors (Lipinski definition) is 2. The second-order valence-electron chi connectivity index (χ2n) is 6.57. The summed E-state index contributed by atoms with van der Waals surface area (Å²) in [5.74, 6) is 2.06. The van der Waals surface area contributed by atoms with Gasteiger partial charge in [-0.05, 0) is 5.92 Å². The van der Waals surface area contributed by atoms with Crippen molar-refractivity contribution in [3.8, 4) is 0 Å². The summed E-state index contributed by atoms with van der Waals surface area (Å²) in [4.78, 5) is 19.8. The molecule has 0 atom stereocenters. The van der Waals surface area contributed by atoms with Gasteiger partial charge in [-0.2, -0.15) is 0 Å². The van der Waals surface area contributed by atoms with E-state index in [0.717, 1.165) is 56.7 Å². The quantitative estimate of drug-likeness (QED) is 0.578. The van der Waals surface area contributed by atoms with Gasteiger partial charge in [0, 0.05) is 59.3 Å². The van der Waals surface area contributed by atoms with E-state index in [0.29, 0.717) is 12.5 Å². The first-order valence-electron chi connectivity index (χ1n) is 8.87. The van der Waals surface area contributed by atoms with E-state index >= 15 is 0 Å². The Kier molecular flexibility index (Phi) is 7.24. The summed E-state index contributed by atoms with van der Waals surface area (Å²) in [5.41, 5.74) is 0.962. The molecule has 140 valence electrons. The summed E-state index contributed by atoms with van der Waals surface area (Å²) in [5, 5.41) is 10.6. The lowest BCUT2D eigenvalue weighted by molar-refractivity contribution is -0.130. The van der Waals surface area contributed by atoms with E-state index in [4.69, 9.17) is 4.52 Å². The van der Waals surface area contributed by atoms with E-state index in [2.05, 4.69) is 39.5 Å². The van der Waals surface area contributed by atoms with E-state index in [1.54, 1.807) is 14.0 Å². The van der Waals surface area contributed by atoms with Gasteiger partial charge in [0.15, 0.2) is 11.7 Å². The van der Waals surface area contributed by atoms with Crippen molar-refractivity contribution < 1.29 is 9.32 Å². The van der Waals surface area contributed by atoms with Gasteiger partial charge in [0.05, 0.1) is 12.2 Å². The van der Waals surface area contributed by atoms with Crippen molar-refractivity contribution in [2.45, 2.75) is 33.2 Å². The number of aliphatic imine (C=N–C) groups is 1. The molecule has 2 rings (SSSR count). The Morgan fingerprint density at radius 3 is 2.60 bits per heavy atom. The van der Waals surface area contributed by atoms with Gasteiger partial charge in [-0.15, -0.1) is 0 Å². The maximum Gasteiger partial charge on any atom is 0.219 e. The molecular weight excluding hydrogens is 320 g/mol. The van der Waals surface area contributed by atoms with Crippen molar-refractivity contribution in [3.63, 3.8) is 0 Å². The molecule has 1 fully saturated rings. The van der Waals surface area contributed by atoms with Crippen LogP contribution in [0.2, 0.25) is 0 Å². The molecule has 1 aliphatic rings. The zero-order valence-corrected chi connectivity index (χ0v) is 15.7. The Morgan fingerprint density at radius 1 is 1.32 bits per heavy atom. The van der Waals surface area contributed by atoms with Crippen LogP contribution in [0.3, 0.4) is 0 Å². The number of nitrogens with one attached hydrogen (secondary N) is 2. The van der Waals surface area contributed by atoms with Gasteiger partial charge in [0.25, 0.3) is 0 Å². The van der Waals surface area contributed by atoms with Gasteiger partial charge in [0.2, 0.25) is 5.91 Å². The van der Waals surface area contributed by atoms with Crippen LogP contribution < -0.4 is 10.6 Å². The lowest BCUT2D eigenvalue weighted by Gasteiger charge is -2.34. The van der Waals surface area contributed by atoms with Crippen molar-refractivity contribution in [1.82, 2.24) is 25.6 Å². The van der Waals surface area contributed by atoms with Crippen LogP contribution in [0.4, 0.5) is 0 Å². The van der Waals surface area contributed by atoms with E-state index in [9.17, 15) is 4.79 Å². The molecule has 0 unspecified atom stereocenters. The first-order chi connectivity index (χ1) is 12.0. The highest BCUT2D eigenvalue weighted by Crippen LogP contribution is 2.13. The Balaban J connectivity index is 1.66. The third-order valence-electron chi connectivity index (χ3n) is 4.36. The third-order valence-corrected chi connectivity index (χ3v) is 4.36. The fraction of sp³-hybridized carbons (Fsp3) is 0.706. The minimum atomic E-state index is 0.162. The number of carbonyl (C=O) groups excluding carboxylic acids is 1. The van der Waals surface area contributed by atoms with Crippen LogP contribution in [0.25, 0.3) is 0 Å². The predicted octanol–water partition coefficient (Wildman–Crippen LogP) is 0.627. The van der Waals surface area contributed by atoms with Gasteiger partial charge < -0.3 is 20.1 Å². The number of aromatic nitrogens is 1. The fourth-order valence-electron chi connectivity index (χ4n) is 2.69. The second kappa shape index (κ2) is 9.41. The largest absolute Gasteiger partial charge is 0.359 e. The molecule has 0 saturated carbocycles. The highest BCUT2D eigenvalue weighted by Gasteiger charge is 2.18. The van der Waals surface area contributed by atoms with Crippen LogP contribution in [0.15, 0.2) is 15.6 Å². The first kappa shape index (κ1) is 19.2. The molecule has 8 heteroatoms. The summed E-state index contributed by atoms with van der Waals surface area (Å²) in [7, 11) is 1.75. The van der Waals surface area contributed by atoms with Crippen LogP contribution in [0.5, 0.6) is 0 Å². The topological polar surface area (TPSA) is 86.0 Å². The average Bonchev–Trinajstić information content (AvgIpc) is 3.07. The monoisotopic (exact) mass is 350 g/mol. The van der Waals surface area contributed by atoms with Crippen LogP contribution in [0.1, 0.15) is 38.1 Å². The van der Waals surface area contributed by atoms with Crippen LogP contribution in [0, 0.1) is 0 Å². The molecule has 1 saturated heterocycles. The molecule has 0 radical (unpaired) electrons. The van der Waals surface area contributed by atoms with Gasteiger partial charge >= 0.3 is 0 Å². The Labute approximate surface area is 149 Å². The lowest BCUT2D eigenvalue weighted by atomic mass is 10.1. The molecule has 1 aromatic rings. The molecule has 2 heterocycles. The number of amides is 1. The van der Waals surface area contributed by atoms with Crippen LogP contribution in [-0.2, 0) is 11.3 Å². The molecule has 25 heavy (non-hydrogen) atoms. The van der Waals surface area contributed by atoms with E-state index in [-0.39, 0.29) is 5.91 Å². The van der Waals surface area contributed by atoms with Crippen molar-refractivity contribution in [2.75, 3.05) is 46.3 Å². The smallest absolute Gasteiger partial charge is 0.219 e. The molecule has 0 spiro atoms. The normalized spacial score (nSPS) is 16.4. The minimum Gasteiger partial charge on any atom is -0.359 e. The molecule has 1 aliphatic heterocycles. The number of nitrogens with zero attached hydrogens (tertiary/aromatic N) is 4. The maximum atomic E-state index is 11.3. The number of rotatable bonds is 6. The minimum absolute atomic E-state index is 0.162. The Bertz CT molecular complexity index is 575. The number of carbonyl (C=O) groups is 1. The lowest BCUT2D eigenvalue weighted by Crippen LogP contribution is -2.50.